The molecule has 0 bridgehead atoms. The zero-order chi connectivity index (χ0) is 18.0. The molecule has 25 heavy (non-hydrogen) atoms. The van der Waals surface area contributed by atoms with E-state index in [9.17, 15) is 4.79 Å². The van der Waals surface area contributed by atoms with Gasteiger partial charge in [0.25, 0.3) is 0 Å². The number of likely N-dealkylation sites (tertiary alicyclic amines) is 2. The average molecular weight is 349 g/mol. The molecule has 0 radical (unpaired) electrons. The molecule has 1 amide bonds. The van der Waals surface area contributed by atoms with Gasteiger partial charge < -0.3 is 9.64 Å². The van der Waals surface area contributed by atoms with Crippen LogP contribution in [0.15, 0.2) is 0 Å². The summed E-state index contributed by atoms with van der Waals surface area (Å²) in [5.74, 6) is 2.28. The van der Waals surface area contributed by atoms with Crippen LogP contribution in [0.25, 0.3) is 0 Å². The minimum absolute atomic E-state index is 0.181. The van der Waals surface area contributed by atoms with Crippen molar-refractivity contribution in [3.8, 4) is 0 Å². The lowest BCUT2D eigenvalue weighted by Crippen LogP contribution is -2.50. The van der Waals surface area contributed by atoms with Crippen LogP contribution in [-0.2, 0) is 4.74 Å². The first-order chi connectivity index (χ1) is 11.8. The fourth-order valence-corrected chi connectivity index (χ4v) is 3.85. The molecule has 0 saturated carbocycles. The van der Waals surface area contributed by atoms with Crippen molar-refractivity contribution in [2.75, 3.05) is 26.2 Å². The van der Waals surface area contributed by atoms with E-state index >= 15 is 0 Å². The molecule has 7 heteroatoms. The molecule has 1 aromatic heterocycles. The molecule has 140 valence electrons. The highest BCUT2D eigenvalue weighted by atomic mass is 16.6. The molecule has 1 aromatic rings. The molecule has 2 aliphatic heterocycles. The molecule has 2 fully saturated rings. The van der Waals surface area contributed by atoms with Gasteiger partial charge in [-0.25, -0.2) is 9.78 Å². The second kappa shape index (κ2) is 7.32. The highest BCUT2D eigenvalue weighted by Crippen LogP contribution is 2.28. The highest BCUT2D eigenvalue weighted by molar-refractivity contribution is 5.68. The number of carbonyl (C=O) groups excluding carboxylic acids is 1. The molecule has 2 saturated heterocycles. The van der Waals surface area contributed by atoms with Crippen molar-refractivity contribution in [2.45, 2.75) is 70.9 Å². The summed E-state index contributed by atoms with van der Waals surface area (Å²) in [6, 6.07) is 0.547. The van der Waals surface area contributed by atoms with E-state index in [0.717, 1.165) is 50.7 Å². The number of ether oxygens (including phenoxy) is 1. The molecule has 0 spiro atoms. The van der Waals surface area contributed by atoms with Crippen LogP contribution in [0.3, 0.4) is 0 Å². The standard InChI is InChI=1S/C18H31N5O2/c1-13-19-16(21-20-13)14-6-5-9-23(12-14)15-7-10-22(11-8-15)17(24)25-18(2,3)4/h14-15H,5-12H2,1-4H3,(H,19,20,21). The third kappa shape index (κ3) is 4.71. The molecule has 0 aromatic carbocycles. The van der Waals surface area contributed by atoms with E-state index in [2.05, 4.69) is 20.1 Å². The molecule has 1 N–H and O–H groups in total. The summed E-state index contributed by atoms with van der Waals surface area (Å²) in [6.45, 7) is 11.4. The predicted molar refractivity (Wildman–Crippen MR) is 95.5 cm³/mol. The highest BCUT2D eigenvalue weighted by Gasteiger charge is 2.32. The van der Waals surface area contributed by atoms with Gasteiger partial charge in [0.2, 0.25) is 0 Å². The monoisotopic (exact) mass is 349 g/mol. The van der Waals surface area contributed by atoms with Gasteiger partial charge >= 0.3 is 6.09 Å². The fourth-order valence-electron chi connectivity index (χ4n) is 3.85. The van der Waals surface area contributed by atoms with E-state index in [1.54, 1.807) is 0 Å². The predicted octanol–water partition coefficient (Wildman–Crippen LogP) is 2.69. The number of carbonyl (C=O) groups is 1. The minimum atomic E-state index is -0.427. The van der Waals surface area contributed by atoms with Gasteiger partial charge in [-0.1, -0.05) is 0 Å². The van der Waals surface area contributed by atoms with Crippen LogP contribution in [0.2, 0.25) is 0 Å². The Morgan fingerprint density at radius 1 is 1.20 bits per heavy atom. The minimum Gasteiger partial charge on any atom is -0.444 e. The normalized spacial score (nSPS) is 23.7. The number of aromatic nitrogens is 3. The Morgan fingerprint density at radius 2 is 1.92 bits per heavy atom. The zero-order valence-corrected chi connectivity index (χ0v) is 15.9. The Labute approximate surface area is 150 Å². The van der Waals surface area contributed by atoms with Crippen molar-refractivity contribution in [3.05, 3.63) is 11.6 Å². The molecule has 1 unspecified atom stereocenters. The van der Waals surface area contributed by atoms with Gasteiger partial charge in [0.1, 0.15) is 17.2 Å². The summed E-state index contributed by atoms with van der Waals surface area (Å²) in [5.41, 5.74) is -0.427. The molecular formula is C18H31N5O2. The summed E-state index contributed by atoms with van der Waals surface area (Å²) in [4.78, 5) is 21.2. The maximum absolute atomic E-state index is 12.2. The molecule has 3 heterocycles. The maximum atomic E-state index is 12.2. The summed E-state index contributed by atoms with van der Waals surface area (Å²) in [7, 11) is 0. The van der Waals surface area contributed by atoms with Crippen LogP contribution in [0.4, 0.5) is 4.79 Å². The Bertz CT molecular complexity index is 587. The van der Waals surface area contributed by atoms with Crippen molar-refractivity contribution in [2.24, 2.45) is 0 Å². The number of aryl methyl sites for hydroxylation is 1. The maximum Gasteiger partial charge on any atom is 0.410 e. The number of piperidine rings is 2. The van der Waals surface area contributed by atoms with Gasteiger partial charge in [0.15, 0.2) is 0 Å². The Kier molecular flexibility index (Phi) is 5.32. The Hall–Kier alpha value is -1.63. The third-order valence-corrected chi connectivity index (χ3v) is 5.09. The Morgan fingerprint density at radius 3 is 2.52 bits per heavy atom. The van der Waals surface area contributed by atoms with Crippen LogP contribution < -0.4 is 0 Å². The van der Waals surface area contributed by atoms with E-state index in [1.807, 2.05) is 32.6 Å². The van der Waals surface area contributed by atoms with Gasteiger partial charge in [-0.05, 0) is 59.9 Å². The van der Waals surface area contributed by atoms with Crippen molar-refractivity contribution in [1.82, 2.24) is 25.0 Å². The SMILES string of the molecule is Cc1n[nH]c(C2CCCN(C3CCN(C(=O)OC(C)(C)C)CC3)C2)n1. The quantitative estimate of drug-likeness (QED) is 0.888. The van der Waals surface area contributed by atoms with Crippen molar-refractivity contribution >= 4 is 6.09 Å². The van der Waals surface area contributed by atoms with Gasteiger partial charge in [-0.3, -0.25) is 10.00 Å². The van der Waals surface area contributed by atoms with Crippen LogP contribution in [0, 0.1) is 6.92 Å². The number of amides is 1. The first kappa shape index (κ1) is 18.2. The van der Waals surface area contributed by atoms with Crippen molar-refractivity contribution in [3.63, 3.8) is 0 Å². The number of aromatic amines is 1. The average Bonchev–Trinajstić information content (AvgIpc) is 3.00. The van der Waals surface area contributed by atoms with Crippen LogP contribution >= 0.6 is 0 Å². The van der Waals surface area contributed by atoms with E-state index < -0.39 is 5.60 Å². The fraction of sp³-hybridized carbons (Fsp3) is 0.833. The second-order valence-corrected chi connectivity index (χ2v) is 8.30. The topological polar surface area (TPSA) is 74.4 Å². The van der Waals surface area contributed by atoms with E-state index in [0.29, 0.717) is 12.0 Å². The number of hydrogen-bond donors (Lipinski definition) is 1. The molecule has 3 rings (SSSR count). The van der Waals surface area contributed by atoms with E-state index in [4.69, 9.17) is 4.74 Å². The lowest BCUT2D eigenvalue weighted by atomic mass is 9.93. The first-order valence-electron chi connectivity index (χ1n) is 9.43. The van der Waals surface area contributed by atoms with Crippen LogP contribution in [0.1, 0.15) is 64.0 Å². The zero-order valence-electron chi connectivity index (χ0n) is 15.9. The van der Waals surface area contributed by atoms with E-state index in [-0.39, 0.29) is 6.09 Å². The molecule has 1 atom stereocenters. The number of nitrogens with zero attached hydrogens (tertiary/aromatic N) is 4. The van der Waals surface area contributed by atoms with Gasteiger partial charge in [0, 0.05) is 31.6 Å². The smallest absolute Gasteiger partial charge is 0.410 e. The molecular weight excluding hydrogens is 318 g/mol. The summed E-state index contributed by atoms with van der Waals surface area (Å²) in [5, 5.41) is 7.26. The van der Waals surface area contributed by atoms with Gasteiger partial charge in [-0.2, -0.15) is 5.10 Å². The number of nitrogens with one attached hydrogen (secondary N) is 1. The second-order valence-electron chi connectivity index (χ2n) is 8.30. The number of hydrogen-bond acceptors (Lipinski definition) is 5. The van der Waals surface area contributed by atoms with E-state index in [1.165, 1.54) is 12.8 Å². The van der Waals surface area contributed by atoms with Gasteiger partial charge in [0.05, 0.1) is 0 Å². The molecule has 7 nitrogen and oxygen atoms in total. The molecule has 0 aliphatic carbocycles. The third-order valence-electron chi connectivity index (χ3n) is 5.09. The summed E-state index contributed by atoms with van der Waals surface area (Å²) < 4.78 is 5.49. The Balaban J connectivity index is 1.51. The lowest BCUT2D eigenvalue weighted by Gasteiger charge is -2.42. The largest absolute Gasteiger partial charge is 0.444 e. The molecule has 2 aliphatic rings. The van der Waals surface area contributed by atoms with Gasteiger partial charge in [-0.15, -0.1) is 0 Å². The van der Waals surface area contributed by atoms with Crippen LogP contribution in [0.5, 0.6) is 0 Å². The first-order valence-corrected chi connectivity index (χ1v) is 9.43. The van der Waals surface area contributed by atoms with Crippen molar-refractivity contribution < 1.29 is 9.53 Å². The number of H-pyrrole nitrogens is 1. The summed E-state index contributed by atoms with van der Waals surface area (Å²) >= 11 is 0. The number of rotatable bonds is 2. The lowest BCUT2D eigenvalue weighted by molar-refractivity contribution is 0.0123. The summed E-state index contributed by atoms with van der Waals surface area (Å²) in [6.07, 6.45) is 4.21. The van der Waals surface area contributed by atoms with Crippen LogP contribution in [-0.4, -0.2) is 68.9 Å². The van der Waals surface area contributed by atoms with Crippen molar-refractivity contribution in [1.29, 1.82) is 0 Å².